The Morgan fingerprint density at radius 2 is 1.68 bits per heavy atom. The van der Waals surface area contributed by atoms with Crippen LogP contribution in [0.5, 0.6) is 5.88 Å². The highest BCUT2D eigenvalue weighted by atomic mass is 35.5. The average Bonchev–Trinajstić information content (AvgIpc) is 2.24. The largest absolute Gasteiger partial charge is 0.455 e. The molecule has 0 amide bonds. The summed E-state index contributed by atoms with van der Waals surface area (Å²) in [4.78, 5) is 3.25. The molecule has 0 aliphatic carbocycles. The molecule has 0 aromatic carbocycles. The fourth-order valence-corrected chi connectivity index (χ4v) is 1.25. The molecule has 0 spiro atoms. The molecule has 1 N–H and O–H groups in total. The summed E-state index contributed by atoms with van der Waals surface area (Å²) in [5.41, 5.74) is -0.290. The summed E-state index contributed by atoms with van der Waals surface area (Å²) in [6.07, 6.45) is -15.3. The van der Waals surface area contributed by atoms with E-state index in [0.717, 1.165) is 12.1 Å². The number of nitrogens with zero attached hydrogens (tertiary/aromatic N) is 1. The van der Waals surface area contributed by atoms with Crippen molar-refractivity contribution in [2.45, 2.75) is 25.1 Å². The standard InChI is InChI=1S/C9H6ClF6NO2/c10-4-1-2-6(17-5(4)3-18)19-7(8(11,12)13)9(14,15)16/h1-2,7,18H,3H2. The molecule has 0 aliphatic heterocycles. The number of aromatic nitrogens is 1. The molecule has 3 nitrogen and oxygen atoms in total. The van der Waals surface area contributed by atoms with Gasteiger partial charge in [-0.25, -0.2) is 4.98 Å². The zero-order valence-corrected chi connectivity index (χ0v) is 9.64. The average molecular weight is 310 g/mol. The molecule has 0 atom stereocenters. The van der Waals surface area contributed by atoms with Crippen LogP contribution in [-0.2, 0) is 6.61 Å². The monoisotopic (exact) mass is 309 g/mol. The Kier molecular flexibility index (Phi) is 4.51. The van der Waals surface area contributed by atoms with Gasteiger partial charge in [0.05, 0.1) is 17.3 Å². The van der Waals surface area contributed by atoms with Crippen molar-refractivity contribution >= 4 is 11.6 Å². The van der Waals surface area contributed by atoms with Crippen molar-refractivity contribution in [3.05, 3.63) is 22.8 Å². The number of pyridine rings is 1. The Hall–Kier alpha value is -1.22. The van der Waals surface area contributed by atoms with E-state index in [1.165, 1.54) is 0 Å². The van der Waals surface area contributed by atoms with Crippen LogP contribution in [0, 0.1) is 0 Å². The van der Waals surface area contributed by atoms with Crippen molar-refractivity contribution in [3.8, 4) is 5.88 Å². The number of hydrogen-bond donors (Lipinski definition) is 1. The van der Waals surface area contributed by atoms with Gasteiger partial charge in [-0.3, -0.25) is 0 Å². The molecule has 0 radical (unpaired) electrons. The number of hydrogen-bond acceptors (Lipinski definition) is 3. The van der Waals surface area contributed by atoms with Gasteiger partial charge < -0.3 is 9.84 Å². The zero-order chi connectivity index (χ0) is 14.8. The molecule has 10 heteroatoms. The first-order chi connectivity index (χ1) is 8.55. The molecule has 0 bridgehead atoms. The van der Waals surface area contributed by atoms with Gasteiger partial charge >= 0.3 is 12.4 Å². The van der Waals surface area contributed by atoms with Gasteiger partial charge in [0.15, 0.2) is 0 Å². The molecule has 108 valence electrons. The second-order valence-electron chi connectivity index (χ2n) is 3.32. The Balaban J connectivity index is 3.04. The number of rotatable bonds is 3. The number of halogens is 7. The minimum Gasteiger partial charge on any atom is -0.455 e. The predicted octanol–water partition coefficient (Wildman–Crippen LogP) is 3.10. The summed E-state index contributed by atoms with van der Waals surface area (Å²) >= 11 is 5.49. The molecule has 0 fully saturated rings. The highest BCUT2D eigenvalue weighted by molar-refractivity contribution is 6.31. The van der Waals surface area contributed by atoms with E-state index >= 15 is 0 Å². The lowest BCUT2D eigenvalue weighted by Crippen LogP contribution is -2.46. The van der Waals surface area contributed by atoms with E-state index in [4.69, 9.17) is 16.7 Å². The number of aliphatic hydroxyl groups is 1. The fourth-order valence-electron chi connectivity index (χ4n) is 1.08. The molecule has 1 rings (SSSR count). The van der Waals surface area contributed by atoms with Crippen LogP contribution in [0.25, 0.3) is 0 Å². The van der Waals surface area contributed by atoms with Crippen molar-refractivity contribution in [3.63, 3.8) is 0 Å². The van der Waals surface area contributed by atoms with Crippen molar-refractivity contribution in [2.75, 3.05) is 0 Å². The molecule has 19 heavy (non-hydrogen) atoms. The second-order valence-corrected chi connectivity index (χ2v) is 3.72. The molecule has 1 aromatic rings. The van der Waals surface area contributed by atoms with Gasteiger partial charge in [0.2, 0.25) is 5.88 Å². The molecular weight excluding hydrogens is 304 g/mol. The quantitative estimate of drug-likeness (QED) is 0.873. The van der Waals surface area contributed by atoms with Crippen molar-refractivity contribution in [2.24, 2.45) is 0 Å². The lowest BCUT2D eigenvalue weighted by Gasteiger charge is -2.23. The third-order valence-electron chi connectivity index (χ3n) is 1.88. The molecule has 1 aromatic heterocycles. The summed E-state index contributed by atoms with van der Waals surface area (Å²) in [5, 5.41) is 8.64. The summed E-state index contributed by atoms with van der Waals surface area (Å²) in [5.74, 6) is -0.937. The maximum atomic E-state index is 12.2. The lowest BCUT2D eigenvalue weighted by atomic mass is 10.3. The van der Waals surface area contributed by atoms with Crippen molar-refractivity contribution in [1.29, 1.82) is 0 Å². The van der Waals surface area contributed by atoms with Crippen molar-refractivity contribution < 1.29 is 36.2 Å². The van der Waals surface area contributed by atoms with Gasteiger partial charge in [-0.05, 0) is 6.07 Å². The van der Waals surface area contributed by atoms with Gasteiger partial charge in [-0.15, -0.1) is 0 Å². The van der Waals surface area contributed by atoms with Crippen LogP contribution in [0.1, 0.15) is 5.69 Å². The number of alkyl halides is 6. The Morgan fingerprint density at radius 1 is 1.16 bits per heavy atom. The number of aliphatic hydroxyl groups excluding tert-OH is 1. The fraction of sp³-hybridized carbons (Fsp3) is 0.444. The van der Waals surface area contributed by atoms with E-state index in [2.05, 4.69) is 9.72 Å². The first-order valence-electron chi connectivity index (χ1n) is 4.62. The van der Waals surface area contributed by atoms with Gasteiger partial charge in [0.25, 0.3) is 6.10 Å². The summed E-state index contributed by atoms with van der Waals surface area (Å²) in [6, 6.07) is 1.71. The molecule has 0 unspecified atom stereocenters. The van der Waals surface area contributed by atoms with Crippen LogP contribution in [0.2, 0.25) is 5.02 Å². The molecule has 0 saturated heterocycles. The van der Waals surface area contributed by atoms with E-state index < -0.39 is 30.9 Å². The Bertz CT molecular complexity index is 433. The topological polar surface area (TPSA) is 42.4 Å². The van der Waals surface area contributed by atoms with Crippen LogP contribution in [-0.4, -0.2) is 28.5 Å². The van der Waals surface area contributed by atoms with E-state index in [1.807, 2.05) is 0 Å². The van der Waals surface area contributed by atoms with Crippen LogP contribution >= 0.6 is 11.6 Å². The van der Waals surface area contributed by atoms with E-state index in [1.54, 1.807) is 0 Å². The van der Waals surface area contributed by atoms with Gasteiger partial charge in [-0.2, -0.15) is 26.3 Å². The molecule has 0 saturated carbocycles. The zero-order valence-electron chi connectivity index (χ0n) is 8.89. The summed E-state index contributed by atoms with van der Waals surface area (Å²) in [6.45, 7) is -0.751. The Labute approximate surface area is 107 Å². The smallest absolute Gasteiger partial charge is 0.434 e. The minimum atomic E-state index is -5.64. The molecule has 1 heterocycles. The van der Waals surface area contributed by atoms with Gasteiger partial charge in [-0.1, -0.05) is 11.6 Å². The summed E-state index contributed by atoms with van der Waals surface area (Å²) in [7, 11) is 0. The third kappa shape index (κ3) is 4.13. The van der Waals surface area contributed by atoms with Gasteiger partial charge in [0.1, 0.15) is 0 Å². The van der Waals surface area contributed by atoms with Gasteiger partial charge in [0, 0.05) is 6.07 Å². The normalized spacial score (nSPS) is 12.9. The van der Waals surface area contributed by atoms with E-state index in [9.17, 15) is 26.3 Å². The maximum absolute atomic E-state index is 12.2. The predicted molar refractivity (Wildman–Crippen MR) is 51.7 cm³/mol. The molecular formula is C9H6ClF6NO2. The highest BCUT2D eigenvalue weighted by Crippen LogP contribution is 2.36. The summed E-state index contributed by atoms with van der Waals surface area (Å²) < 4.78 is 77.1. The minimum absolute atomic E-state index is 0.106. The maximum Gasteiger partial charge on any atom is 0.434 e. The third-order valence-corrected chi connectivity index (χ3v) is 2.22. The highest BCUT2D eigenvalue weighted by Gasteiger charge is 2.59. The lowest BCUT2D eigenvalue weighted by molar-refractivity contribution is -0.300. The molecule has 0 aliphatic rings. The van der Waals surface area contributed by atoms with Crippen molar-refractivity contribution in [1.82, 2.24) is 4.98 Å². The SMILES string of the molecule is OCc1nc(OC(C(F)(F)F)C(F)(F)F)ccc1Cl. The van der Waals surface area contributed by atoms with E-state index in [0.29, 0.717) is 0 Å². The number of ether oxygens (including phenoxy) is 1. The second kappa shape index (κ2) is 5.41. The van der Waals surface area contributed by atoms with Crippen LogP contribution in [0.3, 0.4) is 0 Å². The van der Waals surface area contributed by atoms with Crippen LogP contribution < -0.4 is 4.74 Å². The van der Waals surface area contributed by atoms with Crippen LogP contribution in [0.15, 0.2) is 12.1 Å². The first kappa shape index (κ1) is 15.8. The van der Waals surface area contributed by atoms with Crippen LogP contribution in [0.4, 0.5) is 26.3 Å². The Morgan fingerprint density at radius 3 is 2.11 bits per heavy atom. The first-order valence-corrected chi connectivity index (χ1v) is 5.00. The van der Waals surface area contributed by atoms with E-state index in [-0.39, 0.29) is 10.7 Å².